The number of nitrogens with zero attached hydrogens (tertiary/aromatic N) is 3. The van der Waals surface area contributed by atoms with Crippen LogP contribution < -0.4 is 14.4 Å². The summed E-state index contributed by atoms with van der Waals surface area (Å²) in [7, 11) is 0. The Kier molecular flexibility index (Phi) is 11.1. The summed E-state index contributed by atoms with van der Waals surface area (Å²) in [6, 6.07) is 37.1. The molecule has 0 amide bonds. The average molecular weight is 618 g/mol. The number of rotatable bonds is 15. The number of ether oxygens (including phenoxy) is 4. The summed E-state index contributed by atoms with van der Waals surface area (Å²) < 4.78 is 24.2. The number of aromatic nitrogens is 1. The smallest absolute Gasteiger partial charge is 0.161 e. The largest absolute Gasteiger partial charge is 0.487 e. The predicted octanol–water partition coefficient (Wildman–Crippen LogP) is 7.23. The fourth-order valence-electron chi connectivity index (χ4n) is 5.69. The van der Waals surface area contributed by atoms with Crippen molar-refractivity contribution >= 4 is 16.6 Å². The Hall–Kier alpha value is -4.43. The van der Waals surface area contributed by atoms with E-state index in [-0.39, 0.29) is 0 Å². The number of hydrogen-bond acceptors (Lipinski definition) is 7. The molecule has 0 N–H and O–H groups in total. The van der Waals surface area contributed by atoms with Gasteiger partial charge in [-0.1, -0.05) is 91.9 Å². The normalized spacial score (nSPS) is 13.6. The summed E-state index contributed by atoms with van der Waals surface area (Å²) in [4.78, 5) is 10.2. The third-order valence-corrected chi connectivity index (χ3v) is 8.27. The number of pyridine rings is 1. The highest BCUT2D eigenvalue weighted by atomic mass is 16.6. The molecule has 4 aromatic carbocycles. The second-order valence-electron chi connectivity index (χ2n) is 11.4. The van der Waals surface area contributed by atoms with E-state index in [0.29, 0.717) is 51.1 Å². The molecule has 1 aromatic heterocycles. The molecule has 0 atom stereocenters. The molecule has 1 aliphatic heterocycles. The lowest BCUT2D eigenvalue weighted by Gasteiger charge is -2.35. The average Bonchev–Trinajstić information content (AvgIpc) is 3.12. The van der Waals surface area contributed by atoms with Crippen molar-refractivity contribution in [1.29, 1.82) is 0 Å². The van der Waals surface area contributed by atoms with Gasteiger partial charge in [-0.2, -0.15) is 0 Å². The van der Waals surface area contributed by atoms with Crippen LogP contribution in [0.15, 0.2) is 109 Å². The van der Waals surface area contributed by atoms with Crippen LogP contribution in [0.5, 0.6) is 11.5 Å². The second kappa shape index (κ2) is 16.2. The topological polar surface area (TPSA) is 56.3 Å². The van der Waals surface area contributed by atoms with Gasteiger partial charge in [-0.15, -0.1) is 0 Å². The Morgan fingerprint density at radius 1 is 0.609 bits per heavy atom. The summed E-state index contributed by atoms with van der Waals surface area (Å²) in [6.07, 6.45) is 0. The van der Waals surface area contributed by atoms with E-state index in [4.69, 9.17) is 23.9 Å². The van der Waals surface area contributed by atoms with Crippen LogP contribution >= 0.6 is 0 Å². The van der Waals surface area contributed by atoms with Crippen LogP contribution in [-0.4, -0.2) is 69.0 Å². The van der Waals surface area contributed by atoms with Gasteiger partial charge in [0.15, 0.2) is 11.5 Å². The molecule has 5 aromatic rings. The van der Waals surface area contributed by atoms with Crippen LogP contribution in [0, 0.1) is 0 Å². The molecule has 0 spiro atoms. The SMILES string of the molecule is CCN1CCN(c2nc(-c3ccc(OCCOCc4ccccc4)c(OCCOCc4ccccc4)c3)cc3ccccc23)CC1. The van der Waals surface area contributed by atoms with E-state index in [1.165, 1.54) is 10.8 Å². The monoisotopic (exact) mass is 617 g/mol. The summed E-state index contributed by atoms with van der Waals surface area (Å²) in [5.41, 5.74) is 4.17. The summed E-state index contributed by atoms with van der Waals surface area (Å²) >= 11 is 0. The van der Waals surface area contributed by atoms with Gasteiger partial charge in [-0.25, -0.2) is 4.98 Å². The molecule has 0 saturated carbocycles. The van der Waals surface area contributed by atoms with E-state index in [2.05, 4.69) is 77.4 Å². The molecule has 0 aliphatic carbocycles. The highest BCUT2D eigenvalue weighted by Gasteiger charge is 2.20. The molecular weight excluding hydrogens is 574 g/mol. The molecule has 0 bridgehead atoms. The van der Waals surface area contributed by atoms with Crippen LogP contribution in [0.25, 0.3) is 22.0 Å². The van der Waals surface area contributed by atoms with Gasteiger partial charge in [-0.3, -0.25) is 0 Å². The number of piperazine rings is 1. The van der Waals surface area contributed by atoms with Crippen LogP contribution in [0.3, 0.4) is 0 Å². The van der Waals surface area contributed by atoms with Gasteiger partial charge < -0.3 is 28.7 Å². The fourth-order valence-corrected chi connectivity index (χ4v) is 5.69. The molecule has 7 nitrogen and oxygen atoms in total. The standard InChI is InChI=1S/C39H43N3O4/c1-2-41-19-21-42(22-20-41)39-35-16-10-9-15-33(35)27-36(40-39)34-17-18-37(45-25-23-43-29-31-11-5-3-6-12-31)38(28-34)46-26-24-44-30-32-13-7-4-8-14-32/h3-18,27-28H,2,19-26,29-30H2,1H3. The summed E-state index contributed by atoms with van der Waals surface area (Å²) in [6.45, 7) is 10.2. The lowest BCUT2D eigenvalue weighted by atomic mass is 10.1. The number of fused-ring (bicyclic) bond motifs is 1. The quantitative estimate of drug-likeness (QED) is 0.115. The molecule has 1 aliphatic rings. The molecule has 1 fully saturated rings. The minimum absolute atomic E-state index is 0.398. The molecule has 238 valence electrons. The third kappa shape index (κ3) is 8.43. The molecule has 0 unspecified atom stereocenters. The van der Waals surface area contributed by atoms with Crippen LogP contribution in [0.4, 0.5) is 5.82 Å². The maximum absolute atomic E-state index is 6.29. The Morgan fingerprint density at radius 3 is 1.87 bits per heavy atom. The maximum Gasteiger partial charge on any atom is 0.161 e. The van der Waals surface area contributed by atoms with Crippen molar-refractivity contribution in [2.75, 3.05) is 64.1 Å². The van der Waals surface area contributed by atoms with Crippen molar-refractivity contribution in [1.82, 2.24) is 9.88 Å². The molecule has 46 heavy (non-hydrogen) atoms. The van der Waals surface area contributed by atoms with Crippen molar-refractivity contribution in [2.24, 2.45) is 0 Å². The van der Waals surface area contributed by atoms with Gasteiger partial charge in [0.05, 0.1) is 32.1 Å². The van der Waals surface area contributed by atoms with Crippen molar-refractivity contribution in [3.8, 4) is 22.8 Å². The third-order valence-electron chi connectivity index (χ3n) is 8.27. The summed E-state index contributed by atoms with van der Waals surface area (Å²) in [5, 5.41) is 2.35. The van der Waals surface area contributed by atoms with E-state index in [9.17, 15) is 0 Å². The lowest BCUT2D eigenvalue weighted by Crippen LogP contribution is -2.46. The van der Waals surface area contributed by atoms with E-state index < -0.39 is 0 Å². The number of anilines is 1. The van der Waals surface area contributed by atoms with Crippen molar-refractivity contribution in [3.05, 3.63) is 120 Å². The van der Waals surface area contributed by atoms with Crippen LogP contribution in [-0.2, 0) is 22.7 Å². The Morgan fingerprint density at radius 2 is 1.22 bits per heavy atom. The van der Waals surface area contributed by atoms with Gasteiger partial charge in [0.25, 0.3) is 0 Å². The Labute approximate surface area is 272 Å². The molecule has 2 heterocycles. The Bertz CT molecular complexity index is 1660. The van der Waals surface area contributed by atoms with Crippen molar-refractivity contribution in [3.63, 3.8) is 0 Å². The van der Waals surface area contributed by atoms with Crippen molar-refractivity contribution < 1.29 is 18.9 Å². The first-order chi connectivity index (χ1) is 22.8. The first kappa shape index (κ1) is 31.5. The Balaban J connectivity index is 1.18. The first-order valence-electron chi connectivity index (χ1n) is 16.3. The zero-order valence-electron chi connectivity index (χ0n) is 26.6. The predicted molar refractivity (Wildman–Crippen MR) is 185 cm³/mol. The zero-order chi connectivity index (χ0) is 31.4. The number of hydrogen-bond donors (Lipinski definition) is 0. The van der Waals surface area contributed by atoms with E-state index in [0.717, 1.165) is 60.9 Å². The van der Waals surface area contributed by atoms with Gasteiger partial charge in [-0.05, 0) is 47.3 Å². The fraction of sp³-hybridized carbons (Fsp3) is 0.308. The van der Waals surface area contributed by atoms with Crippen LogP contribution in [0.1, 0.15) is 18.1 Å². The molecule has 0 radical (unpaired) electrons. The number of benzene rings is 4. The second-order valence-corrected chi connectivity index (χ2v) is 11.4. The van der Waals surface area contributed by atoms with Gasteiger partial charge >= 0.3 is 0 Å². The van der Waals surface area contributed by atoms with Crippen LogP contribution in [0.2, 0.25) is 0 Å². The first-order valence-corrected chi connectivity index (χ1v) is 16.3. The zero-order valence-corrected chi connectivity index (χ0v) is 26.6. The van der Waals surface area contributed by atoms with Crippen molar-refractivity contribution in [2.45, 2.75) is 20.1 Å². The van der Waals surface area contributed by atoms with E-state index in [1.807, 2.05) is 48.5 Å². The van der Waals surface area contributed by atoms with E-state index in [1.54, 1.807) is 0 Å². The van der Waals surface area contributed by atoms with Gasteiger partial charge in [0, 0.05) is 37.1 Å². The minimum atomic E-state index is 0.398. The highest BCUT2D eigenvalue weighted by Crippen LogP contribution is 2.35. The maximum atomic E-state index is 6.29. The number of likely N-dealkylation sites (N-methyl/N-ethyl adjacent to an activating group) is 1. The highest BCUT2D eigenvalue weighted by molar-refractivity contribution is 5.95. The molecule has 6 rings (SSSR count). The van der Waals surface area contributed by atoms with E-state index >= 15 is 0 Å². The minimum Gasteiger partial charge on any atom is -0.487 e. The molecule has 7 heteroatoms. The molecule has 1 saturated heterocycles. The lowest BCUT2D eigenvalue weighted by molar-refractivity contribution is 0.0806. The molecular formula is C39H43N3O4. The van der Waals surface area contributed by atoms with Gasteiger partial charge in [0.1, 0.15) is 19.0 Å². The van der Waals surface area contributed by atoms with Gasteiger partial charge in [0.2, 0.25) is 0 Å². The summed E-state index contributed by atoms with van der Waals surface area (Å²) in [5.74, 6) is 2.38.